The Labute approximate surface area is 136 Å². The average molecular weight is 346 g/mol. The molecule has 0 amide bonds. The normalized spacial score (nSPS) is 13.4. The van der Waals surface area contributed by atoms with Gasteiger partial charge in [0.1, 0.15) is 5.75 Å². The zero-order valence-corrected chi connectivity index (χ0v) is 15.0. The van der Waals surface area contributed by atoms with E-state index in [2.05, 4.69) is 11.7 Å². The molecule has 1 unspecified atom stereocenters. The third-order valence-electron chi connectivity index (χ3n) is 2.78. The van der Waals surface area contributed by atoms with Crippen molar-refractivity contribution in [2.24, 2.45) is 0 Å². The Morgan fingerprint density at radius 2 is 1.86 bits per heavy atom. The first-order chi connectivity index (χ1) is 10.5. The van der Waals surface area contributed by atoms with Crippen LogP contribution in [-0.2, 0) is 13.8 Å². The number of carbonyl (C=O) groups excluding carboxylic acids is 1. The van der Waals surface area contributed by atoms with Gasteiger partial charge in [-0.15, -0.1) is 0 Å². The maximum atomic E-state index is 12.6. The van der Waals surface area contributed by atoms with E-state index in [-0.39, 0.29) is 0 Å². The Kier molecular flexibility index (Phi) is 8.61. The van der Waals surface area contributed by atoms with E-state index in [0.717, 1.165) is 25.0 Å². The molecule has 0 heterocycles. The summed E-state index contributed by atoms with van der Waals surface area (Å²) in [6.07, 6.45) is 3.17. The number of hydrogen-bond donors (Lipinski definition) is 0. The highest BCUT2D eigenvalue weighted by molar-refractivity contribution is 8.55. The number of rotatable bonds is 10. The molecular weight excluding hydrogens is 323 g/mol. The Morgan fingerprint density at radius 1 is 1.18 bits per heavy atom. The van der Waals surface area contributed by atoms with E-state index in [1.165, 1.54) is 18.5 Å². The molecule has 0 spiro atoms. The maximum absolute atomic E-state index is 12.6. The summed E-state index contributed by atoms with van der Waals surface area (Å²) >= 11 is 1.22. The van der Waals surface area contributed by atoms with Gasteiger partial charge in [-0.1, -0.05) is 19.8 Å². The first-order valence-corrected chi connectivity index (χ1v) is 10.4. The van der Waals surface area contributed by atoms with Crippen LogP contribution in [-0.4, -0.2) is 25.4 Å². The molecule has 22 heavy (non-hydrogen) atoms. The number of benzene rings is 1. The zero-order chi connectivity index (χ0) is 16.4. The second kappa shape index (κ2) is 9.93. The van der Waals surface area contributed by atoms with Gasteiger partial charge in [0.25, 0.3) is 0 Å². The molecule has 0 saturated heterocycles. The van der Waals surface area contributed by atoms with E-state index in [1.807, 2.05) is 0 Å². The first kappa shape index (κ1) is 19.1. The van der Waals surface area contributed by atoms with E-state index in [4.69, 9.17) is 9.05 Å². The number of hydrogen-bond acceptors (Lipinski definition) is 6. The third kappa shape index (κ3) is 6.42. The highest BCUT2D eigenvalue weighted by atomic mass is 32.7. The van der Waals surface area contributed by atoms with Crippen LogP contribution in [0.3, 0.4) is 0 Å². The van der Waals surface area contributed by atoms with Gasteiger partial charge in [-0.25, -0.2) is 9.36 Å². The summed E-state index contributed by atoms with van der Waals surface area (Å²) in [7, 11) is 1.32. The molecule has 0 aromatic heterocycles. The van der Waals surface area contributed by atoms with Crippen LogP contribution in [0.5, 0.6) is 5.75 Å². The first-order valence-electron chi connectivity index (χ1n) is 7.31. The number of ether oxygens (including phenoxy) is 1. The van der Waals surface area contributed by atoms with Crippen LogP contribution < -0.4 is 4.52 Å². The van der Waals surface area contributed by atoms with Gasteiger partial charge < -0.3 is 9.26 Å². The molecule has 0 bridgehead atoms. The molecule has 5 nitrogen and oxygen atoms in total. The van der Waals surface area contributed by atoms with Crippen molar-refractivity contribution in [3.8, 4) is 5.75 Å². The number of carbonyl (C=O) groups is 1. The second-order valence-electron chi connectivity index (χ2n) is 4.51. The van der Waals surface area contributed by atoms with Crippen molar-refractivity contribution in [2.45, 2.75) is 33.1 Å². The fourth-order valence-corrected chi connectivity index (χ4v) is 5.12. The van der Waals surface area contributed by atoms with Crippen molar-refractivity contribution < 1.29 is 23.1 Å². The Bertz CT molecular complexity index is 503. The van der Waals surface area contributed by atoms with Crippen molar-refractivity contribution in [2.75, 3.05) is 19.5 Å². The second-order valence-corrected chi connectivity index (χ2v) is 8.63. The standard InChI is InChI=1S/C15H23O5PS/c1-4-6-7-12-22-21(17,19-5-2)20-14-10-8-13(9-11-14)15(16)18-3/h8-11H,4-7,12H2,1-3H3. The molecule has 0 aliphatic heterocycles. The van der Waals surface area contributed by atoms with Crippen molar-refractivity contribution in [3.05, 3.63) is 29.8 Å². The van der Waals surface area contributed by atoms with Gasteiger partial charge in [-0.05, 0) is 49.0 Å². The minimum absolute atomic E-state index is 0.318. The van der Waals surface area contributed by atoms with Gasteiger partial charge in [0.05, 0.1) is 19.3 Å². The van der Waals surface area contributed by atoms with Crippen LogP contribution in [0, 0.1) is 0 Å². The Balaban J connectivity index is 2.69. The highest BCUT2D eigenvalue weighted by Crippen LogP contribution is 2.60. The SMILES string of the molecule is CCCCCSP(=O)(OCC)Oc1ccc(C(=O)OC)cc1. The Hall–Kier alpha value is -0.970. The lowest BCUT2D eigenvalue weighted by molar-refractivity contribution is 0.0600. The lowest BCUT2D eigenvalue weighted by atomic mass is 10.2. The molecule has 0 aliphatic rings. The number of unbranched alkanes of at least 4 members (excludes halogenated alkanes) is 2. The molecule has 1 aromatic carbocycles. The Morgan fingerprint density at radius 3 is 2.41 bits per heavy atom. The van der Waals surface area contributed by atoms with E-state index >= 15 is 0 Å². The minimum atomic E-state index is -3.23. The van der Waals surface area contributed by atoms with Crippen LogP contribution in [0.2, 0.25) is 0 Å². The van der Waals surface area contributed by atoms with Crippen LogP contribution in [0.1, 0.15) is 43.5 Å². The number of esters is 1. The van der Waals surface area contributed by atoms with E-state index in [0.29, 0.717) is 17.9 Å². The molecule has 0 fully saturated rings. The topological polar surface area (TPSA) is 61.8 Å². The van der Waals surface area contributed by atoms with Gasteiger partial charge >= 0.3 is 12.8 Å². The highest BCUT2D eigenvalue weighted by Gasteiger charge is 2.26. The van der Waals surface area contributed by atoms with Crippen LogP contribution in [0.25, 0.3) is 0 Å². The predicted molar refractivity (Wildman–Crippen MR) is 89.6 cm³/mol. The summed E-state index contributed by atoms with van der Waals surface area (Å²) in [5, 5.41) is 0. The van der Waals surface area contributed by atoms with Gasteiger partial charge in [0, 0.05) is 5.75 Å². The average Bonchev–Trinajstić information content (AvgIpc) is 2.52. The van der Waals surface area contributed by atoms with Crippen molar-refractivity contribution in [1.82, 2.24) is 0 Å². The minimum Gasteiger partial charge on any atom is -0.465 e. The van der Waals surface area contributed by atoms with E-state index in [9.17, 15) is 9.36 Å². The molecule has 1 rings (SSSR count). The lowest BCUT2D eigenvalue weighted by Crippen LogP contribution is -2.01. The molecule has 1 aromatic rings. The molecule has 1 atom stereocenters. The fraction of sp³-hybridized carbons (Fsp3) is 0.533. The molecule has 0 N–H and O–H groups in total. The summed E-state index contributed by atoms with van der Waals surface area (Å²) in [6.45, 7) is 0.989. The summed E-state index contributed by atoms with van der Waals surface area (Å²) in [4.78, 5) is 11.4. The van der Waals surface area contributed by atoms with Crippen molar-refractivity contribution in [3.63, 3.8) is 0 Å². The molecule has 7 heteroatoms. The summed E-state index contributed by atoms with van der Waals surface area (Å²) < 4.78 is 28.1. The predicted octanol–water partition coefficient (Wildman–Crippen LogP) is 4.92. The quantitative estimate of drug-likeness (QED) is 0.340. The van der Waals surface area contributed by atoms with Gasteiger partial charge in [0.2, 0.25) is 0 Å². The lowest BCUT2D eigenvalue weighted by Gasteiger charge is -2.17. The van der Waals surface area contributed by atoms with Gasteiger partial charge in [-0.2, -0.15) is 0 Å². The summed E-state index contributed by atoms with van der Waals surface area (Å²) in [5.74, 6) is 0.714. The smallest absolute Gasteiger partial charge is 0.440 e. The van der Waals surface area contributed by atoms with Crippen LogP contribution in [0.4, 0.5) is 0 Å². The fourth-order valence-electron chi connectivity index (χ4n) is 1.68. The number of methoxy groups -OCH3 is 1. The summed E-state index contributed by atoms with van der Waals surface area (Å²) in [5.41, 5.74) is 0.414. The zero-order valence-electron chi connectivity index (χ0n) is 13.2. The monoisotopic (exact) mass is 346 g/mol. The van der Waals surface area contributed by atoms with Crippen LogP contribution in [0.15, 0.2) is 24.3 Å². The molecule has 0 radical (unpaired) electrons. The largest absolute Gasteiger partial charge is 0.465 e. The third-order valence-corrected chi connectivity index (χ3v) is 6.61. The molecule has 0 saturated carbocycles. The van der Waals surface area contributed by atoms with Crippen molar-refractivity contribution in [1.29, 1.82) is 0 Å². The maximum Gasteiger partial charge on any atom is 0.440 e. The molecule has 124 valence electrons. The molecule has 0 aliphatic carbocycles. The van der Waals surface area contributed by atoms with Crippen molar-refractivity contribution >= 4 is 24.1 Å². The van der Waals surface area contributed by atoms with Crippen LogP contribution >= 0.6 is 18.2 Å². The summed E-state index contributed by atoms with van der Waals surface area (Å²) in [6, 6.07) is 6.31. The van der Waals surface area contributed by atoms with Gasteiger partial charge in [0.15, 0.2) is 0 Å². The van der Waals surface area contributed by atoms with E-state index in [1.54, 1.807) is 31.2 Å². The molecular formula is C15H23O5PS. The van der Waals surface area contributed by atoms with E-state index < -0.39 is 12.8 Å². The van der Waals surface area contributed by atoms with Gasteiger partial charge in [-0.3, -0.25) is 4.52 Å².